The van der Waals surface area contributed by atoms with Crippen LogP contribution < -0.4 is 10.2 Å². The molecule has 2 aliphatic heterocycles. The fourth-order valence-corrected chi connectivity index (χ4v) is 4.89. The number of aryl methyl sites for hydroxylation is 1. The van der Waals surface area contributed by atoms with Gasteiger partial charge in [-0.25, -0.2) is 12.7 Å². The van der Waals surface area contributed by atoms with E-state index in [2.05, 4.69) is 51.3 Å². The van der Waals surface area contributed by atoms with Gasteiger partial charge < -0.3 is 15.1 Å². The molecule has 3 rings (SSSR count). The minimum Gasteiger partial charge on any atom is -0.368 e. The monoisotopic (exact) mass is 535 g/mol. The van der Waals surface area contributed by atoms with Gasteiger partial charge in [0.1, 0.15) is 0 Å². The van der Waals surface area contributed by atoms with Crippen molar-refractivity contribution in [3.63, 3.8) is 0 Å². The predicted molar refractivity (Wildman–Crippen MR) is 131 cm³/mol. The number of nitrogens with zero attached hydrogens (tertiary/aromatic N) is 4. The first-order valence-corrected chi connectivity index (χ1v) is 11.9. The average molecular weight is 535 g/mol. The van der Waals surface area contributed by atoms with Crippen LogP contribution in [0.1, 0.15) is 18.4 Å². The number of piperazine rings is 1. The third-order valence-electron chi connectivity index (χ3n) is 5.75. The lowest BCUT2D eigenvalue weighted by Gasteiger charge is -2.38. The number of hydrogen-bond donors (Lipinski definition) is 1. The Morgan fingerprint density at radius 3 is 2.34 bits per heavy atom. The highest BCUT2D eigenvalue weighted by atomic mass is 127. The summed E-state index contributed by atoms with van der Waals surface area (Å²) in [6.07, 6.45) is 3.10. The van der Waals surface area contributed by atoms with Gasteiger partial charge in [-0.15, -0.1) is 24.0 Å². The molecule has 1 aromatic carbocycles. The van der Waals surface area contributed by atoms with Gasteiger partial charge in [0.2, 0.25) is 10.0 Å². The largest absolute Gasteiger partial charge is 0.368 e. The van der Waals surface area contributed by atoms with E-state index in [0.29, 0.717) is 19.0 Å². The molecule has 2 heterocycles. The number of guanidine groups is 1. The smallest absolute Gasteiger partial charge is 0.211 e. The molecule has 29 heavy (non-hydrogen) atoms. The molecular formula is C20H34IN5O2S. The minimum absolute atomic E-state index is 0. The Morgan fingerprint density at radius 2 is 1.79 bits per heavy atom. The SMILES string of the molecule is CN=C(NCC1CCN(S(C)(=O)=O)CC1)N1CCN(c2cccc(C)c2)CC1.I. The van der Waals surface area contributed by atoms with Crippen molar-refractivity contribution in [1.82, 2.24) is 14.5 Å². The van der Waals surface area contributed by atoms with Gasteiger partial charge in [0.05, 0.1) is 6.26 Å². The second-order valence-corrected chi connectivity index (χ2v) is 9.83. The molecule has 0 spiro atoms. The van der Waals surface area contributed by atoms with E-state index in [1.807, 2.05) is 7.05 Å². The zero-order chi connectivity index (χ0) is 20.1. The van der Waals surface area contributed by atoms with E-state index in [-0.39, 0.29) is 24.0 Å². The molecule has 0 aliphatic carbocycles. The van der Waals surface area contributed by atoms with E-state index in [1.54, 1.807) is 4.31 Å². The van der Waals surface area contributed by atoms with E-state index in [9.17, 15) is 8.42 Å². The average Bonchev–Trinajstić information content (AvgIpc) is 2.69. The highest BCUT2D eigenvalue weighted by Gasteiger charge is 2.26. The molecule has 0 unspecified atom stereocenters. The van der Waals surface area contributed by atoms with Crippen molar-refractivity contribution < 1.29 is 8.42 Å². The van der Waals surface area contributed by atoms with Crippen LogP contribution in [-0.2, 0) is 10.0 Å². The van der Waals surface area contributed by atoms with E-state index in [1.165, 1.54) is 17.5 Å². The Hall–Kier alpha value is -1.07. The Bertz CT molecular complexity index is 786. The van der Waals surface area contributed by atoms with Crippen LogP contribution in [0.5, 0.6) is 0 Å². The maximum Gasteiger partial charge on any atom is 0.211 e. The summed E-state index contributed by atoms with van der Waals surface area (Å²) in [6, 6.07) is 8.67. The molecule has 7 nitrogen and oxygen atoms in total. The topological polar surface area (TPSA) is 68.2 Å². The molecule has 9 heteroatoms. The van der Waals surface area contributed by atoms with Crippen LogP contribution in [0.4, 0.5) is 5.69 Å². The summed E-state index contributed by atoms with van der Waals surface area (Å²) in [4.78, 5) is 9.21. The van der Waals surface area contributed by atoms with Crippen molar-refractivity contribution in [3.8, 4) is 0 Å². The van der Waals surface area contributed by atoms with Crippen LogP contribution >= 0.6 is 24.0 Å². The van der Waals surface area contributed by atoms with Crippen molar-refractivity contribution in [2.45, 2.75) is 19.8 Å². The number of benzene rings is 1. The molecule has 164 valence electrons. The first kappa shape index (κ1) is 24.2. The van der Waals surface area contributed by atoms with Gasteiger partial charge in [-0.05, 0) is 43.4 Å². The number of nitrogens with one attached hydrogen (secondary N) is 1. The van der Waals surface area contributed by atoms with Crippen LogP contribution in [0.25, 0.3) is 0 Å². The van der Waals surface area contributed by atoms with Crippen LogP contribution in [-0.4, -0.2) is 82.7 Å². The molecule has 1 N–H and O–H groups in total. The lowest BCUT2D eigenvalue weighted by atomic mass is 9.98. The molecule has 2 saturated heterocycles. The summed E-state index contributed by atoms with van der Waals surface area (Å²) in [6.45, 7) is 8.08. The van der Waals surface area contributed by atoms with Gasteiger partial charge in [-0.2, -0.15) is 0 Å². The molecule has 0 bridgehead atoms. The Balaban J connectivity index is 0.00000300. The van der Waals surface area contributed by atoms with Crippen LogP contribution in [0.15, 0.2) is 29.3 Å². The maximum absolute atomic E-state index is 11.6. The predicted octanol–water partition coefficient (Wildman–Crippen LogP) is 1.98. The second-order valence-electron chi connectivity index (χ2n) is 7.85. The van der Waals surface area contributed by atoms with Crippen molar-refractivity contribution in [2.75, 3.05) is 64.0 Å². The second kappa shape index (κ2) is 10.8. The Kier molecular flexibility index (Phi) is 9.02. The van der Waals surface area contributed by atoms with Gasteiger partial charge >= 0.3 is 0 Å². The molecule has 0 amide bonds. The first-order valence-electron chi connectivity index (χ1n) is 10.1. The molecule has 1 aromatic rings. The molecule has 0 aromatic heterocycles. The lowest BCUT2D eigenvalue weighted by molar-refractivity contribution is 0.271. The fourth-order valence-electron chi connectivity index (χ4n) is 4.01. The van der Waals surface area contributed by atoms with E-state index in [0.717, 1.165) is 51.5 Å². The van der Waals surface area contributed by atoms with Crippen LogP contribution in [0.3, 0.4) is 0 Å². The van der Waals surface area contributed by atoms with Crippen molar-refractivity contribution in [3.05, 3.63) is 29.8 Å². The normalized spacial score (nSPS) is 19.8. The lowest BCUT2D eigenvalue weighted by Crippen LogP contribution is -2.53. The zero-order valence-electron chi connectivity index (χ0n) is 17.7. The quantitative estimate of drug-likeness (QED) is 0.363. The summed E-state index contributed by atoms with van der Waals surface area (Å²) in [7, 11) is -1.22. The van der Waals surface area contributed by atoms with Crippen molar-refractivity contribution >= 4 is 45.6 Å². The highest BCUT2D eigenvalue weighted by molar-refractivity contribution is 14.0. The minimum atomic E-state index is -3.06. The third-order valence-corrected chi connectivity index (χ3v) is 7.05. The summed E-state index contributed by atoms with van der Waals surface area (Å²) >= 11 is 0. The molecule has 0 saturated carbocycles. The number of halogens is 1. The molecule has 2 fully saturated rings. The molecule has 0 radical (unpaired) electrons. The number of sulfonamides is 1. The van der Waals surface area contributed by atoms with Gasteiger partial charge in [-0.3, -0.25) is 4.99 Å². The fraction of sp³-hybridized carbons (Fsp3) is 0.650. The summed E-state index contributed by atoms with van der Waals surface area (Å²) in [5, 5.41) is 3.52. The molecule has 2 aliphatic rings. The van der Waals surface area contributed by atoms with Gasteiger partial charge in [-0.1, -0.05) is 12.1 Å². The third kappa shape index (κ3) is 6.71. The van der Waals surface area contributed by atoms with E-state index < -0.39 is 10.0 Å². The number of piperidine rings is 1. The summed E-state index contributed by atoms with van der Waals surface area (Å²) in [5.41, 5.74) is 2.58. The maximum atomic E-state index is 11.6. The van der Waals surface area contributed by atoms with E-state index in [4.69, 9.17) is 0 Å². The summed E-state index contributed by atoms with van der Waals surface area (Å²) < 4.78 is 24.9. The zero-order valence-corrected chi connectivity index (χ0v) is 20.8. The number of anilines is 1. The van der Waals surface area contributed by atoms with Gasteiger partial charge in [0.25, 0.3) is 0 Å². The standard InChI is InChI=1S/C20H33N5O2S.HI/c1-17-5-4-6-19(15-17)23-11-13-24(14-12-23)20(21-2)22-16-18-7-9-25(10-8-18)28(3,26)27;/h4-6,15,18H,7-14,16H2,1-3H3,(H,21,22);1H. The van der Waals surface area contributed by atoms with Crippen molar-refractivity contribution in [1.29, 1.82) is 0 Å². The molecular weight excluding hydrogens is 501 g/mol. The van der Waals surface area contributed by atoms with E-state index >= 15 is 0 Å². The first-order chi connectivity index (χ1) is 13.4. The van der Waals surface area contributed by atoms with Gasteiger partial charge in [0, 0.05) is 58.5 Å². The molecule has 0 atom stereocenters. The summed E-state index contributed by atoms with van der Waals surface area (Å²) in [5.74, 6) is 1.44. The van der Waals surface area contributed by atoms with Crippen molar-refractivity contribution in [2.24, 2.45) is 10.9 Å². The number of rotatable bonds is 4. The number of hydrogen-bond acceptors (Lipinski definition) is 4. The number of aliphatic imine (C=N–C) groups is 1. The Labute approximate surface area is 192 Å². The highest BCUT2D eigenvalue weighted by Crippen LogP contribution is 2.19. The van der Waals surface area contributed by atoms with Gasteiger partial charge in [0.15, 0.2) is 5.96 Å². The van der Waals surface area contributed by atoms with Crippen LogP contribution in [0, 0.1) is 12.8 Å². The Morgan fingerprint density at radius 1 is 1.14 bits per heavy atom. The van der Waals surface area contributed by atoms with Crippen LogP contribution in [0.2, 0.25) is 0 Å².